The first-order valence-corrected chi connectivity index (χ1v) is 3.25. The molecule has 0 heterocycles. The standard InChI is InChI=1S/C7H6N3O2.2ClH.Zn/c1-5-2-3-6(9-8)7(4-5)10(11)12;;;/h2-4H,1H3;2*1H;/q+1;;;+2/p-1. The van der Waals surface area contributed by atoms with Crippen LogP contribution in [-0.4, -0.2) is 4.92 Å². The SMILES string of the molecule is Cc1ccc([N+]#N)c([N+](=O)[O-])c1.Cl.[Cl-].[Zn+2]. The predicted octanol–water partition coefficient (Wildman–Crippen LogP) is -0.189. The fraction of sp³-hybridized carbons (Fsp3) is 0.143. The van der Waals surface area contributed by atoms with Gasteiger partial charge in [0, 0.05) is 12.1 Å². The Hall–Kier alpha value is -0.757. The molecule has 1 aromatic rings. The van der Waals surface area contributed by atoms with Gasteiger partial charge < -0.3 is 12.4 Å². The maximum Gasteiger partial charge on any atom is 2.00 e. The number of nitrogens with zero attached hydrogens (tertiary/aromatic N) is 3. The zero-order chi connectivity index (χ0) is 9.14. The molecule has 0 saturated heterocycles. The summed E-state index contributed by atoms with van der Waals surface area (Å²) in [6.45, 7) is 1.73. The molecule has 0 bridgehead atoms. The van der Waals surface area contributed by atoms with Gasteiger partial charge in [-0.3, -0.25) is 10.1 Å². The van der Waals surface area contributed by atoms with E-state index in [9.17, 15) is 10.1 Å². The number of aryl methyl sites for hydroxylation is 1. The minimum atomic E-state index is -0.581. The maximum absolute atomic E-state index is 10.4. The van der Waals surface area contributed by atoms with Crippen LogP contribution >= 0.6 is 12.4 Å². The van der Waals surface area contributed by atoms with Crippen molar-refractivity contribution in [1.29, 1.82) is 5.39 Å². The van der Waals surface area contributed by atoms with Crippen molar-refractivity contribution < 1.29 is 36.8 Å². The number of halogens is 2. The molecule has 0 aromatic heterocycles. The van der Waals surface area contributed by atoms with Crippen molar-refractivity contribution in [3.05, 3.63) is 38.9 Å². The van der Waals surface area contributed by atoms with Crippen LogP contribution < -0.4 is 12.4 Å². The van der Waals surface area contributed by atoms with E-state index < -0.39 is 4.92 Å². The van der Waals surface area contributed by atoms with E-state index in [1.165, 1.54) is 12.1 Å². The molecule has 0 amide bonds. The molecule has 0 N–H and O–H groups in total. The van der Waals surface area contributed by atoms with Crippen LogP contribution in [0.1, 0.15) is 5.56 Å². The van der Waals surface area contributed by atoms with Crippen molar-refractivity contribution in [1.82, 2.24) is 0 Å². The van der Waals surface area contributed by atoms with Crippen LogP contribution in [-0.2, 0) is 19.5 Å². The Morgan fingerprint density at radius 1 is 1.47 bits per heavy atom. The molecule has 0 fully saturated rings. The quantitative estimate of drug-likeness (QED) is 0.312. The van der Waals surface area contributed by atoms with Crippen LogP contribution in [0.2, 0.25) is 0 Å². The third-order valence-electron chi connectivity index (χ3n) is 1.44. The number of diazo groups is 1. The summed E-state index contributed by atoms with van der Waals surface area (Å²) in [5.41, 5.74) is 0.553. The van der Waals surface area contributed by atoms with E-state index in [-0.39, 0.29) is 55.7 Å². The third-order valence-corrected chi connectivity index (χ3v) is 1.44. The Morgan fingerprint density at radius 2 is 2.00 bits per heavy atom. The van der Waals surface area contributed by atoms with Gasteiger partial charge in [0.1, 0.15) is 0 Å². The number of rotatable bonds is 1. The second-order valence-corrected chi connectivity index (χ2v) is 2.35. The van der Waals surface area contributed by atoms with Crippen molar-refractivity contribution in [3.8, 4) is 0 Å². The molecular formula is C7H7Cl2N3O2Zn+2. The Labute approximate surface area is 112 Å². The van der Waals surface area contributed by atoms with Crippen molar-refractivity contribution in [2.45, 2.75) is 6.92 Å². The molecule has 0 unspecified atom stereocenters. The van der Waals surface area contributed by atoms with E-state index in [1.807, 2.05) is 0 Å². The summed E-state index contributed by atoms with van der Waals surface area (Å²) in [6.07, 6.45) is 0. The van der Waals surface area contributed by atoms with E-state index in [2.05, 4.69) is 4.98 Å². The normalized spacial score (nSPS) is 7.20. The molecule has 5 nitrogen and oxygen atoms in total. The predicted molar refractivity (Wildman–Crippen MR) is 49.8 cm³/mol. The first-order valence-electron chi connectivity index (χ1n) is 3.25. The van der Waals surface area contributed by atoms with Gasteiger partial charge in [-0.25, -0.2) is 0 Å². The number of hydrogen-bond donors (Lipinski definition) is 0. The fourth-order valence-corrected chi connectivity index (χ4v) is 0.864. The monoisotopic (exact) mass is 299 g/mol. The van der Waals surface area contributed by atoms with Crippen LogP contribution in [0.5, 0.6) is 0 Å². The van der Waals surface area contributed by atoms with Gasteiger partial charge in [0.2, 0.25) is 5.39 Å². The second-order valence-electron chi connectivity index (χ2n) is 2.35. The molecular weight excluding hydrogens is 294 g/mol. The van der Waals surface area contributed by atoms with Crippen molar-refractivity contribution in [3.63, 3.8) is 0 Å². The van der Waals surface area contributed by atoms with E-state index in [1.54, 1.807) is 13.0 Å². The molecule has 0 radical (unpaired) electrons. The summed E-state index contributed by atoms with van der Waals surface area (Å²) >= 11 is 0. The van der Waals surface area contributed by atoms with Gasteiger partial charge in [0.25, 0.3) is 0 Å². The third kappa shape index (κ3) is 5.03. The van der Waals surface area contributed by atoms with E-state index in [4.69, 9.17) is 5.39 Å². The van der Waals surface area contributed by atoms with Crippen LogP contribution in [0.4, 0.5) is 11.4 Å². The Morgan fingerprint density at radius 3 is 2.40 bits per heavy atom. The Kier molecular flexibility index (Phi) is 11.3. The van der Waals surface area contributed by atoms with Gasteiger partial charge in [-0.2, -0.15) is 0 Å². The van der Waals surface area contributed by atoms with Crippen LogP contribution in [0.3, 0.4) is 0 Å². The first kappa shape index (κ1) is 19.8. The van der Waals surface area contributed by atoms with Crippen molar-refractivity contribution in [2.75, 3.05) is 0 Å². The summed E-state index contributed by atoms with van der Waals surface area (Å²) in [6, 6.07) is 4.39. The number of nitro groups is 1. The van der Waals surface area contributed by atoms with Gasteiger partial charge in [-0.15, -0.1) is 12.4 Å². The second kappa shape index (κ2) is 8.54. The molecule has 0 spiro atoms. The average Bonchev–Trinajstić information content (AvgIpc) is 2.04. The zero-order valence-electron chi connectivity index (χ0n) is 7.88. The van der Waals surface area contributed by atoms with E-state index in [0.29, 0.717) is 0 Å². The van der Waals surface area contributed by atoms with Crippen LogP contribution in [0, 0.1) is 22.4 Å². The average molecular weight is 301 g/mol. The summed E-state index contributed by atoms with van der Waals surface area (Å²) in [4.78, 5) is 12.6. The minimum absolute atomic E-state index is 0. The molecule has 8 heteroatoms. The Balaban J connectivity index is -0.000000480. The zero-order valence-corrected chi connectivity index (χ0v) is 12.4. The molecule has 0 aliphatic heterocycles. The minimum Gasteiger partial charge on any atom is -1.00 e. The number of benzene rings is 1. The first-order chi connectivity index (χ1) is 5.65. The molecule has 1 rings (SSSR count). The molecule has 0 aliphatic carbocycles. The molecule has 0 saturated carbocycles. The van der Waals surface area contributed by atoms with Gasteiger partial charge in [0.15, 0.2) is 4.98 Å². The summed E-state index contributed by atoms with van der Waals surface area (Å²) in [7, 11) is 0. The van der Waals surface area contributed by atoms with Gasteiger partial charge >= 0.3 is 30.9 Å². The van der Waals surface area contributed by atoms with Crippen LogP contribution in [0.25, 0.3) is 4.98 Å². The smallest absolute Gasteiger partial charge is 1.00 e. The van der Waals surface area contributed by atoms with Gasteiger partial charge in [0.05, 0.1) is 4.92 Å². The van der Waals surface area contributed by atoms with Gasteiger partial charge in [-0.05, 0) is 12.5 Å². The van der Waals surface area contributed by atoms with Gasteiger partial charge in [-0.1, -0.05) is 6.07 Å². The number of hydrogen-bond acceptors (Lipinski definition) is 3. The topological polar surface area (TPSA) is 71.3 Å². The maximum atomic E-state index is 10.4. The van der Waals surface area contributed by atoms with Crippen molar-refractivity contribution >= 4 is 23.8 Å². The molecule has 1 aromatic carbocycles. The van der Waals surface area contributed by atoms with Crippen molar-refractivity contribution in [2.24, 2.45) is 0 Å². The summed E-state index contributed by atoms with van der Waals surface area (Å²) < 4.78 is 0. The molecule has 76 valence electrons. The number of nitro benzene ring substituents is 1. The van der Waals surface area contributed by atoms with E-state index >= 15 is 0 Å². The largest absolute Gasteiger partial charge is 2.00 e. The molecule has 0 atom stereocenters. The Bertz CT molecular complexity index is 381. The van der Waals surface area contributed by atoms with Crippen LogP contribution in [0.15, 0.2) is 18.2 Å². The summed E-state index contributed by atoms with van der Waals surface area (Å²) in [5, 5.41) is 18.7. The molecule has 0 aliphatic rings. The summed E-state index contributed by atoms with van der Waals surface area (Å²) in [5.74, 6) is 0. The van der Waals surface area contributed by atoms with E-state index in [0.717, 1.165) is 5.56 Å². The fourth-order valence-electron chi connectivity index (χ4n) is 0.864. The molecule has 15 heavy (non-hydrogen) atoms.